The SMILES string of the molecule is CCNS(=O)(=O)c1ccc(C([NH])=O)cc1. The maximum atomic E-state index is 11.5. The first-order valence-electron chi connectivity index (χ1n) is 4.33. The van der Waals surface area contributed by atoms with Crippen molar-refractivity contribution in [2.45, 2.75) is 11.8 Å². The van der Waals surface area contributed by atoms with Crippen LogP contribution in [-0.2, 0) is 10.0 Å². The van der Waals surface area contributed by atoms with Gasteiger partial charge in [-0.1, -0.05) is 6.92 Å². The van der Waals surface area contributed by atoms with Gasteiger partial charge in [0.2, 0.25) is 10.0 Å². The Morgan fingerprint density at radius 1 is 1.33 bits per heavy atom. The lowest BCUT2D eigenvalue weighted by Gasteiger charge is -2.04. The molecule has 0 aliphatic heterocycles. The minimum Gasteiger partial charge on any atom is -0.267 e. The molecule has 0 saturated heterocycles. The zero-order valence-electron chi connectivity index (χ0n) is 8.15. The summed E-state index contributed by atoms with van der Waals surface area (Å²) in [5.41, 5.74) is 6.99. The van der Waals surface area contributed by atoms with E-state index in [-0.39, 0.29) is 10.5 Å². The number of carbonyl (C=O) groups excluding carboxylic acids is 1. The smallest absolute Gasteiger partial charge is 0.267 e. The fourth-order valence-corrected chi connectivity index (χ4v) is 2.10. The first kappa shape index (κ1) is 11.7. The van der Waals surface area contributed by atoms with E-state index in [0.717, 1.165) is 0 Å². The van der Waals surface area contributed by atoms with Crippen molar-refractivity contribution in [2.75, 3.05) is 6.54 Å². The lowest BCUT2D eigenvalue weighted by molar-refractivity contribution is 0.0992. The molecule has 6 heteroatoms. The highest BCUT2D eigenvalue weighted by Gasteiger charge is 2.12. The Hall–Kier alpha value is -1.40. The average Bonchev–Trinajstić information content (AvgIpc) is 2.18. The standard InChI is InChI=1S/C9H11N2O3S/c1-2-11-15(13,14)8-5-3-7(4-6-8)9(10)12/h3-6,10-11H,2H2,1H3. The molecule has 0 heterocycles. The van der Waals surface area contributed by atoms with Crippen LogP contribution in [0.3, 0.4) is 0 Å². The van der Waals surface area contributed by atoms with Gasteiger partial charge in [0, 0.05) is 12.1 Å². The molecule has 81 valence electrons. The molecule has 0 aliphatic carbocycles. The number of carbonyl (C=O) groups is 1. The zero-order chi connectivity index (χ0) is 11.5. The molecule has 0 saturated carbocycles. The van der Waals surface area contributed by atoms with E-state index >= 15 is 0 Å². The largest absolute Gasteiger partial charge is 0.269 e. The van der Waals surface area contributed by atoms with Crippen LogP contribution in [0, 0.1) is 0 Å². The van der Waals surface area contributed by atoms with Crippen LogP contribution in [0.2, 0.25) is 0 Å². The van der Waals surface area contributed by atoms with Gasteiger partial charge in [0.15, 0.2) is 0 Å². The summed E-state index contributed by atoms with van der Waals surface area (Å²) < 4.78 is 25.3. The Labute approximate surface area is 88.3 Å². The summed E-state index contributed by atoms with van der Waals surface area (Å²) in [7, 11) is -3.48. The molecule has 0 fully saturated rings. The predicted molar refractivity (Wildman–Crippen MR) is 54.7 cm³/mol. The number of hydrogen-bond acceptors (Lipinski definition) is 3. The zero-order valence-corrected chi connectivity index (χ0v) is 8.97. The van der Waals surface area contributed by atoms with Crippen LogP contribution in [-0.4, -0.2) is 20.9 Å². The van der Waals surface area contributed by atoms with E-state index in [9.17, 15) is 13.2 Å². The number of hydrogen-bond donors (Lipinski definition) is 1. The van der Waals surface area contributed by atoms with Gasteiger partial charge in [-0.2, -0.15) is 0 Å². The monoisotopic (exact) mass is 227 g/mol. The van der Waals surface area contributed by atoms with Crippen molar-refractivity contribution in [3.8, 4) is 0 Å². The summed E-state index contributed by atoms with van der Waals surface area (Å²) in [4.78, 5) is 10.7. The molecule has 2 N–H and O–H groups in total. The predicted octanol–water partition coefficient (Wildman–Crippen LogP) is 0.408. The highest BCUT2D eigenvalue weighted by Crippen LogP contribution is 2.09. The quantitative estimate of drug-likeness (QED) is 0.808. The van der Waals surface area contributed by atoms with Gasteiger partial charge in [-0.25, -0.2) is 13.1 Å². The number of amides is 1. The van der Waals surface area contributed by atoms with Crippen molar-refractivity contribution in [3.05, 3.63) is 29.8 Å². The molecule has 0 unspecified atom stereocenters. The van der Waals surface area contributed by atoms with Crippen molar-refractivity contribution in [3.63, 3.8) is 0 Å². The van der Waals surface area contributed by atoms with E-state index in [1.165, 1.54) is 24.3 Å². The van der Waals surface area contributed by atoms with E-state index in [4.69, 9.17) is 5.73 Å². The molecule has 0 bridgehead atoms. The highest BCUT2D eigenvalue weighted by atomic mass is 32.2. The Morgan fingerprint density at radius 3 is 2.27 bits per heavy atom. The summed E-state index contributed by atoms with van der Waals surface area (Å²) in [6.07, 6.45) is 0. The minimum atomic E-state index is -3.48. The summed E-state index contributed by atoms with van der Waals surface area (Å²) in [6, 6.07) is 5.25. The van der Waals surface area contributed by atoms with Crippen LogP contribution < -0.4 is 10.5 Å². The lowest BCUT2D eigenvalue weighted by atomic mass is 10.2. The van der Waals surface area contributed by atoms with Gasteiger partial charge in [0.05, 0.1) is 4.90 Å². The second-order valence-corrected chi connectivity index (χ2v) is 4.62. The topological polar surface area (TPSA) is 87.0 Å². The normalized spacial score (nSPS) is 11.3. The van der Waals surface area contributed by atoms with E-state index in [1.807, 2.05) is 0 Å². The van der Waals surface area contributed by atoms with Crippen LogP contribution >= 0.6 is 0 Å². The van der Waals surface area contributed by atoms with Crippen molar-refractivity contribution in [1.29, 1.82) is 0 Å². The molecule has 1 aromatic rings. The highest BCUT2D eigenvalue weighted by molar-refractivity contribution is 7.89. The van der Waals surface area contributed by atoms with Crippen molar-refractivity contribution in [1.82, 2.24) is 10.5 Å². The molecule has 0 spiro atoms. The fourth-order valence-electron chi connectivity index (χ4n) is 1.06. The molecule has 15 heavy (non-hydrogen) atoms. The van der Waals surface area contributed by atoms with Crippen molar-refractivity contribution < 1.29 is 13.2 Å². The second-order valence-electron chi connectivity index (χ2n) is 2.85. The van der Waals surface area contributed by atoms with E-state index < -0.39 is 15.9 Å². The molecule has 0 atom stereocenters. The maximum absolute atomic E-state index is 11.5. The van der Waals surface area contributed by atoms with Crippen LogP contribution in [0.5, 0.6) is 0 Å². The van der Waals surface area contributed by atoms with Gasteiger partial charge >= 0.3 is 0 Å². The van der Waals surface area contributed by atoms with Crippen LogP contribution in [0.15, 0.2) is 29.2 Å². The average molecular weight is 227 g/mol. The Bertz CT molecular complexity index is 451. The van der Waals surface area contributed by atoms with Crippen LogP contribution in [0.4, 0.5) is 0 Å². The first-order chi connectivity index (χ1) is 6.97. The molecule has 1 radical (unpaired) electrons. The molecule has 1 rings (SSSR count). The van der Waals surface area contributed by atoms with Gasteiger partial charge in [0.1, 0.15) is 0 Å². The Morgan fingerprint density at radius 2 is 1.87 bits per heavy atom. The minimum absolute atomic E-state index is 0.0920. The molecular formula is C9H11N2O3S. The Kier molecular flexibility index (Phi) is 3.43. The molecule has 5 nitrogen and oxygen atoms in total. The third kappa shape index (κ3) is 2.77. The van der Waals surface area contributed by atoms with Gasteiger partial charge < -0.3 is 0 Å². The molecule has 0 aliphatic rings. The van der Waals surface area contributed by atoms with Gasteiger partial charge in [-0.3, -0.25) is 10.5 Å². The maximum Gasteiger partial charge on any atom is 0.269 e. The van der Waals surface area contributed by atoms with Gasteiger partial charge in [-0.05, 0) is 24.3 Å². The lowest BCUT2D eigenvalue weighted by Crippen LogP contribution is -2.23. The summed E-state index contributed by atoms with van der Waals surface area (Å²) in [5, 5.41) is 0. The van der Waals surface area contributed by atoms with Crippen molar-refractivity contribution >= 4 is 15.9 Å². The Balaban J connectivity index is 3.04. The number of benzene rings is 1. The second kappa shape index (κ2) is 4.41. The molecule has 0 aromatic heterocycles. The first-order valence-corrected chi connectivity index (χ1v) is 5.81. The molecule has 1 amide bonds. The number of rotatable bonds is 4. The fraction of sp³-hybridized carbons (Fsp3) is 0.222. The van der Waals surface area contributed by atoms with E-state index in [2.05, 4.69) is 4.72 Å². The summed E-state index contributed by atoms with van der Waals surface area (Å²) in [5.74, 6) is -0.831. The summed E-state index contributed by atoms with van der Waals surface area (Å²) in [6.45, 7) is 1.99. The third-order valence-corrected chi connectivity index (χ3v) is 3.32. The van der Waals surface area contributed by atoms with Crippen molar-refractivity contribution in [2.24, 2.45) is 0 Å². The van der Waals surface area contributed by atoms with Gasteiger partial charge in [0.25, 0.3) is 5.91 Å². The van der Waals surface area contributed by atoms with Crippen LogP contribution in [0.1, 0.15) is 17.3 Å². The van der Waals surface area contributed by atoms with Crippen LogP contribution in [0.25, 0.3) is 0 Å². The van der Waals surface area contributed by atoms with Gasteiger partial charge in [-0.15, -0.1) is 0 Å². The van der Waals surface area contributed by atoms with E-state index in [1.54, 1.807) is 6.92 Å². The molecular weight excluding hydrogens is 216 g/mol. The molecule has 1 aromatic carbocycles. The number of sulfonamides is 1. The van der Waals surface area contributed by atoms with E-state index in [0.29, 0.717) is 6.54 Å². The summed E-state index contributed by atoms with van der Waals surface area (Å²) >= 11 is 0. The third-order valence-electron chi connectivity index (χ3n) is 1.76. The number of nitrogens with one attached hydrogen (secondary N) is 2.